The molecule has 0 aliphatic rings. The predicted octanol–water partition coefficient (Wildman–Crippen LogP) is 3.02. The van der Waals surface area contributed by atoms with E-state index in [2.05, 4.69) is 0 Å². The SMILES string of the molecule is CCN(CC(F)(F)F)c1ccc(C)cc1C(N)=S. The lowest BCUT2D eigenvalue weighted by molar-refractivity contribution is -0.119. The van der Waals surface area contributed by atoms with Gasteiger partial charge in [-0.25, -0.2) is 0 Å². The molecule has 1 rings (SSSR count). The summed E-state index contributed by atoms with van der Waals surface area (Å²) in [5, 5.41) is 0. The first-order valence-corrected chi connectivity index (χ1v) is 5.87. The van der Waals surface area contributed by atoms with Crippen molar-refractivity contribution in [3.8, 4) is 0 Å². The first-order chi connectivity index (χ1) is 8.24. The maximum absolute atomic E-state index is 12.5. The zero-order chi connectivity index (χ0) is 13.9. The number of hydrogen-bond acceptors (Lipinski definition) is 2. The Hall–Kier alpha value is -1.30. The lowest BCUT2D eigenvalue weighted by Gasteiger charge is -2.26. The van der Waals surface area contributed by atoms with Gasteiger partial charge in [0, 0.05) is 17.8 Å². The fraction of sp³-hybridized carbons (Fsp3) is 0.417. The van der Waals surface area contributed by atoms with Gasteiger partial charge in [0.05, 0.1) is 0 Å². The zero-order valence-corrected chi connectivity index (χ0v) is 11.0. The van der Waals surface area contributed by atoms with Gasteiger partial charge in [0.1, 0.15) is 11.5 Å². The first kappa shape index (κ1) is 14.8. The van der Waals surface area contributed by atoms with Crippen LogP contribution in [0.25, 0.3) is 0 Å². The Bertz CT molecular complexity index is 443. The van der Waals surface area contributed by atoms with Crippen molar-refractivity contribution in [3.63, 3.8) is 0 Å². The van der Waals surface area contributed by atoms with Crippen LogP contribution < -0.4 is 10.6 Å². The summed E-state index contributed by atoms with van der Waals surface area (Å²) in [6.45, 7) is 2.72. The van der Waals surface area contributed by atoms with Gasteiger partial charge in [-0.15, -0.1) is 0 Å². The number of thiocarbonyl (C=S) groups is 1. The van der Waals surface area contributed by atoms with Crippen LogP contribution in [0, 0.1) is 6.92 Å². The highest BCUT2D eigenvalue weighted by molar-refractivity contribution is 7.80. The van der Waals surface area contributed by atoms with Gasteiger partial charge in [-0.2, -0.15) is 13.2 Å². The van der Waals surface area contributed by atoms with Crippen molar-refractivity contribution in [2.24, 2.45) is 5.73 Å². The molecule has 0 fully saturated rings. The third-order valence-electron chi connectivity index (χ3n) is 2.51. The van der Waals surface area contributed by atoms with Crippen LogP contribution in [0.1, 0.15) is 18.1 Å². The van der Waals surface area contributed by atoms with Gasteiger partial charge in [-0.05, 0) is 26.0 Å². The molecule has 0 saturated carbocycles. The lowest BCUT2D eigenvalue weighted by atomic mass is 10.1. The van der Waals surface area contributed by atoms with Crippen LogP contribution in [0.5, 0.6) is 0 Å². The summed E-state index contributed by atoms with van der Waals surface area (Å²) < 4.78 is 37.5. The molecule has 1 aromatic carbocycles. The average Bonchev–Trinajstić information content (AvgIpc) is 2.24. The molecule has 1 aromatic rings. The minimum absolute atomic E-state index is 0.106. The van der Waals surface area contributed by atoms with Crippen molar-refractivity contribution in [1.29, 1.82) is 0 Å². The summed E-state index contributed by atoms with van der Waals surface area (Å²) in [5.41, 5.74) is 7.38. The monoisotopic (exact) mass is 276 g/mol. The van der Waals surface area contributed by atoms with Crippen LogP contribution in [0.15, 0.2) is 18.2 Å². The second-order valence-corrected chi connectivity index (χ2v) is 4.45. The maximum atomic E-state index is 12.5. The molecule has 0 aromatic heterocycles. The number of alkyl halides is 3. The van der Waals surface area contributed by atoms with Gasteiger partial charge in [0.2, 0.25) is 0 Å². The summed E-state index contributed by atoms with van der Waals surface area (Å²) in [6.07, 6.45) is -4.26. The highest BCUT2D eigenvalue weighted by Gasteiger charge is 2.31. The summed E-state index contributed by atoms with van der Waals surface area (Å²) in [7, 11) is 0. The van der Waals surface area contributed by atoms with Gasteiger partial charge in [0.15, 0.2) is 0 Å². The minimum atomic E-state index is -4.26. The number of halogens is 3. The summed E-state index contributed by atoms with van der Waals surface area (Å²) in [4.78, 5) is 1.32. The van der Waals surface area contributed by atoms with Crippen LogP contribution in [-0.2, 0) is 0 Å². The van der Waals surface area contributed by atoms with Gasteiger partial charge < -0.3 is 10.6 Å². The number of rotatable bonds is 4. The van der Waals surface area contributed by atoms with Crippen LogP contribution in [0.2, 0.25) is 0 Å². The van der Waals surface area contributed by atoms with Crippen molar-refractivity contribution in [2.75, 3.05) is 18.0 Å². The third-order valence-corrected chi connectivity index (χ3v) is 2.73. The molecule has 0 aliphatic heterocycles. The van der Waals surface area contributed by atoms with Crippen LogP contribution in [0.4, 0.5) is 18.9 Å². The molecule has 18 heavy (non-hydrogen) atoms. The molecule has 2 N–H and O–H groups in total. The second kappa shape index (κ2) is 5.56. The Morgan fingerprint density at radius 2 is 2.00 bits per heavy atom. The van der Waals surface area contributed by atoms with Crippen LogP contribution in [0.3, 0.4) is 0 Å². The first-order valence-electron chi connectivity index (χ1n) is 5.46. The molecule has 0 unspecified atom stereocenters. The number of nitrogens with zero attached hydrogens (tertiary/aromatic N) is 1. The molecule has 0 radical (unpaired) electrons. The Labute approximate surface area is 110 Å². The van der Waals surface area contributed by atoms with E-state index in [1.807, 2.05) is 6.92 Å². The molecule has 0 atom stereocenters. The molecule has 6 heteroatoms. The smallest absolute Gasteiger partial charge is 0.389 e. The van der Waals surface area contributed by atoms with Crippen molar-refractivity contribution < 1.29 is 13.2 Å². The number of benzene rings is 1. The lowest BCUT2D eigenvalue weighted by Crippen LogP contribution is -2.35. The normalized spacial score (nSPS) is 11.4. The summed E-state index contributed by atoms with van der Waals surface area (Å²) >= 11 is 4.89. The Kier molecular flexibility index (Phi) is 4.56. The summed E-state index contributed by atoms with van der Waals surface area (Å²) in [6, 6.07) is 5.08. The average molecular weight is 276 g/mol. The number of hydrogen-bond donors (Lipinski definition) is 1. The third kappa shape index (κ3) is 3.87. The minimum Gasteiger partial charge on any atom is -0.389 e. The highest BCUT2D eigenvalue weighted by atomic mass is 32.1. The fourth-order valence-electron chi connectivity index (χ4n) is 1.71. The fourth-order valence-corrected chi connectivity index (χ4v) is 1.87. The number of aryl methyl sites for hydroxylation is 1. The molecule has 0 bridgehead atoms. The van der Waals surface area contributed by atoms with Gasteiger partial charge in [-0.3, -0.25) is 0 Å². The van der Waals surface area contributed by atoms with E-state index in [1.54, 1.807) is 25.1 Å². The van der Waals surface area contributed by atoms with Crippen molar-refractivity contribution in [2.45, 2.75) is 20.0 Å². The summed E-state index contributed by atoms with van der Waals surface area (Å²) in [5.74, 6) is 0. The molecule has 0 saturated heterocycles. The van der Waals surface area contributed by atoms with Crippen molar-refractivity contribution >= 4 is 22.9 Å². The van der Waals surface area contributed by atoms with Gasteiger partial charge in [-0.1, -0.05) is 23.8 Å². The predicted molar refractivity (Wildman–Crippen MR) is 71.0 cm³/mol. The number of nitrogens with two attached hydrogens (primary N) is 1. The van der Waals surface area contributed by atoms with Crippen molar-refractivity contribution in [1.82, 2.24) is 0 Å². The molecule has 100 valence electrons. The molecular formula is C12H15F3N2S. The van der Waals surface area contributed by atoms with Crippen LogP contribution >= 0.6 is 12.2 Å². The van der Waals surface area contributed by atoms with E-state index in [4.69, 9.17) is 18.0 Å². The largest absolute Gasteiger partial charge is 0.405 e. The van der Waals surface area contributed by atoms with Gasteiger partial charge >= 0.3 is 6.18 Å². The maximum Gasteiger partial charge on any atom is 0.405 e. The molecule has 0 amide bonds. The highest BCUT2D eigenvalue weighted by Crippen LogP contribution is 2.26. The standard InChI is InChI=1S/C12H15F3N2S/c1-3-17(7-12(13,14)15)10-5-4-8(2)6-9(10)11(16)18/h4-6H,3,7H2,1-2H3,(H2,16,18). The topological polar surface area (TPSA) is 29.3 Å². The molecule has 0 heterocycles. The molecule has 2 nitrogen and oxygen atoms in total. The van der Waals surface area contributed by atoms with Gasteiger partial charge in [0.25, 0.3) is 0 Å². The Balaban J connectivity index is 3.17. The second-order valence-electron chi connectivity index (χ2n) is 4.01. The Morgan fingerprint density at radius 1 is 1.39 bits per heavy atom. The van der Waals surface area contributed by atoms with E-state index in [9.17, 15) is 13.2 Å². The van der Waals surface area contributed by atoms with E-state index >= 15 is 0 Å². The van der Waals surface area contributed by atoms with E-state index in [-0.39, 0.29) is 11.5 Å². The van der Waals surface area contributed by atoms with Crippen molar-refractivity contribution in [3.05, 3.63) is 29.3 Å². The molecule has 0 spiro atoms. The van der Waals surface area contributed by atoms with E-state index < -0.39 is 12.7 Å². The van der Waals surface area contributed by atoms with E-state index in [0.29, 0.717) is 11.3 Å². The Morgan fingerprint density at radius 3 is 2.44 bits per heavy atom. The quantitative estimate of drug-likeness (QED) is 0.857. The molecular weight excluding hydrogens is 261 g/mol. The van der Waals surface area contributed by atoms with E-state index in [0.717, 1.165) is 5.56 Å². The zero-order valence-electron chi connectivity index (χ0n) is 10.2. The van der Waals surface area contributed by atoms with E-state index in [1.165, 1.54) is 4.90 Å². The molecule has 0 aliphatic carbocycles. The number of anilines is 1. The van der Waals surface area contributed by atoms with Crippen LogP contribution in [-0.4, -0.2) is 24.3 Å².